The maximum Gasteiger partial charge on any atom is 0.233 e. The summed E-state index contributed by atoms with van der Waals surface area (Å²) in [7, 11) is 1.40. The Morgan fingerprint density at radius 3 is 2.60 bits per heavy atom. The summed E-state index contributed by atoms with van der Waals surface area (Å²) in [6, 6.07) is 3.15. The molecule has 1 N–H and O–H groups in total. The largest absolute Gasteiger partial charge is 0.503 e. The van der Waals surface area contributed by atoms with Gasteiger partial charge in [0.1, 0.15) is 0 Å². The highest BCUT2D eigenvalue weighted by Crippen LogP contribution is 2.56. The second-order valence-electron chi connectivity index (χ2n) is 9.28. The molecule has 0 unspecified atom stereocenters. The molecule has 0 spiro atoms. The Kier molecular flexibility index (Phi) is 6.00. The van der Waals surface area contributed by atoms with Gasteiger partial charge in [-0.1, -0.05) is 30.2 Å². The number of aromatic hydroxyl groups is 1. The topological polar surface area (TPSA) is 101 Å². The number of benzene rings is 1. The zero-order valence-corrected chi connectivity index (χ0v) is 21.5. The number of methoxy groups -OCH3 is 1. The summed E-state index contributed by atoms with van der Waals surface area (Å²) in [6.07, 6.45) is 4.46. The van der Waals surface area contributed by atoms with Gasteiger partial charge in [0.25, 0.3) is 0 Å². The van der Waals surface area contributed by atoms with Gasteiger partial charge in [0.15, 0.2) is 23.1 Å². The number of rotatable bonds is 4. The van der Waals surface area contributed by atoms with Crippen LogP contribution in [0.15, 0.2) is 45.5 Å². The third-order valence-electron chi connectivity index (χ3n) is 7.47. The van der Waals surface area contributed by atoms with E-state index in [0.717, 1.165) is 5.57 Å². The minimum atomic E-state index is -0.659. The van der Waals surface area contributed by atoms with E-state index in [4.69, 9.17) is 16.3 Å². The van der Waals surface area contributed by atoms with Crippen LogP contribution in [0.2, 0.25) is 5.02 Å². The summed E-state index contributed by atoms with van der Waals surface area (Å²) in [5.74, 6) is -3.22. The molecule has 7 nitrogen and oxygen atoms in total. The predicted molar refractivity (Wildman–Crippen MR) is 131 cm³/mol. The summed E-state index contributed by atoms with van der Waals surface area (Å²) in [4.78, 5) is 54.3. The molecule has 2 amide bonds. The fourth-order valence-electron chi connectivity index (χ4n) is 6.01. The van der Waals surface area contributed by atoms with Crippen LogP contribution in [0.3, 0.4) is 0 Å². The van der Waals surface area contributed by atoms with Gasteiger partial charge in [-0.25, -0.2) is 0 Å². The van der Waals surface area contributed by atoms with Crippen molar-refractivity contribution in [2.45, 2.75) is 32.1 Å². The van der Waals surface area contributed by atoms with Crippen molar-refractivity contribution >= 4 is 50.9 Å². The highest BCUT2D eigenvalue weighted by molar-refractivity contribution is 9.12. The number of amides is 2. The first-order valence-corrected chi connectivity index (χ1v) is 12.7. The van der Waals surface area contributed by atoms with Gasteiger partial charge in [0.2, 0.25) is 11.8 Å². The molecule has 4 atom stereocenters. The maximum absolute atomic E-state index is 13.4. The van der Waals surface area contributed by atoms with E-state index < -0.39 is 23.7 Å². The molecule has 9 heteroatoms. The van der Waals surface area contributed by atoms with Gasteiger partial charge in [-0.2, -0.15) is 0 Å². The molecule has 0 saturated carbocycles. The second kappa shape index (κ2) is 8.75. The van der Waals surface area contributed by atoms with Crippen LogP contribution in [0.5, 0.6) is 11.5 Å². The monoisotopic (exact) mass is 559 g/mol. The number of Topliss-reactive ketones (excluding diaryl/α,β-unsaturated/α-hetero) is 1. The van der Waals surface area contributed by atoms with E-state index in [9.17, 15) is 24.3 Å². The zero-order valence-electron chi connectivity index (χ0n) is 19.1. The summed E-state index contributed by atoms with van der Waals surface area (Å²) in [5, 5.41) is 10.3. The molecule has 1 fully saturated rings. The number of phenolic OH excluding ortho intramolecular Hbond substituents is 1. The Labute approximate surface area is 215 Å². The van der Waals surface area contributed by atoms with Crippen LogP contribution in [0.1, 0.15) is 37.7 Å². The Morgan fingerprint density at radius 2 is 1.91 bits per heavy atom. The number of phenols is 1. The summed E-state index contributed by atoms with van der Waals surface area (Å²) < 4.78 is 5.46. The number of imide groups is 1. The smallest absolute Gasteiger partial charge is 0.233 e. The molecule has 35 heavy (non-hydrogen) atoms. The average molecular weight is 561 g/mol. The lowest BCUT2D eigenvalue weighted by Gasteiger charge is -2.42. The van der Waals surface area contributed by atoms with Gasteiger partial charge in [0.05, 0.1) is 28.5 Å². The first-order valence-electron chi connectivity index (χ1n) is 11.5. The van der Waals surface area contributed by atoms with Crippen LogP contribution in [0.25, 0.3) is 0 Å². The molecule has 182 valence electrons. The molecule has 4 aliphatic rings. The molecule has 0 bridgehead atoms. The Balaban J connectivity index is 1.70. The fourth-order valence-corrected chi connectivity index (χ4v) is 6.68. The van der Waals surface area contributed by atoms with E-state index in [2.05, 4.69) is 15.9 Å². The van der Waals surface area contributed by atoms with E-state index in [-0.39, 0.29) is 50.8 Å². The number of halogens is 2. The van der Waals surface area contributed by atoms with Crippen molar-refractivity contribution in [1.29, 1.82) is 0 Å². The van der Waals surface area contributed by atoms with E-state index in [1.54, 1.807) is 12.1 Å². The Bertz CT molecular complexity index is 1290. The molecule has 1 heterocycles. The number of likely N-dealkylation sites (tertiary alicyclic amines) is 1. The molecule has 0 radical (unpaired) electrons. The van der Waals surface area contributed by atoms with Crippen LogP contribution >= 0.6 is 27.5 Å². The van der Waals surface area contributed by atoms with E-state index in [0.29, 0.717) is 36.1 Å². The maximum atomic E-state index is 13.4. The SMILES string of the molecule is CCCN1C(=O)[C@H]2[C@H](CC=C3[C@H](c4cc(Cl)c(O)c(OC)c4)C4=C(C[C@H]32)C(=O)C(Br)=CC4=O)C1=O. The van der Waals surface area contributed by atoms with Gasteiger partial charge >= 0.3 is 0 Å². The first-order chi connectivity index (χ1) is 16.7. The van der Waals surface area contributed by atoms with Crippen LogP contribution in [-0.2, 0) is 19.2 Å². The van der Waals surface area contributed by atoms with Crippen molar-refractivity contribution in [2.75, 3.05) is 13.7 Å². The van der Waals surface area contributed by atoms with Crippen molar-refractivity contribution < 1.29 is 29.0 Å². The number of carbonyl (C=O) groups excluding carboxylic acids is 4. The Hall–Kier alpha value is -2.71. The zero-order chi connectivity index (χ0) is 25.2. The molecule has 5 rings (SSSR count). The molecule has 1 aliphatic heterocycles. The van der Waals surface area contributed by atoms with Crippen molar-refractivity contribution in [2.24, 2.45) is 17.8 Å². The lowest BCUT2D eigenvalue weighted by atomic mass is 9.59. The molecule has 1 aromatic carbocycles. The predicted octanol–water partition coefficient (Wildman–Crippen LogP) is 4.23. The lowest BCUT2D eigenvalue weighted by molar-refractivity contribution is -0.140. The summed E-state index contributed by atoms with van der Waals surface area (Å²) in [5.41, 5.74) is 2.07. The van der Waals surface area contributed by atoms with E-state index in [1.807, 2.05) is 13.0 Å². The molecule has 0 aromatic heterocycles. The van der Waals surface area contributed by atoms with Crippen molar-refractivity contribution in [3.05, 3.63) is 56.1 Å². The standard InChI is InChI=1S/C26H23BrClNO6/c1-3-6-29-25(33)13-5-4-12-14(21(13)26(29)34)9-15-22(18(30)10-16(27)23(15)31)20(12)11-7-17(28)24(32)19(8-11)35-2/h4,7-8,10,13-14,20-21,32H,3,5-6,9H2,1-2H3/t13-,14+,20-,21-/m0/s1. The highest BCUT2D eigenvalue weighted by Gasteiger charge is 2.56. The van der Waals surface area contributed by atoms with E-state index >= 15 is 0 Å². The van der Waals surface area contributed by atoms with Crippen LogP contribution in [0, 0.1) is 17.8 Å². The van der Waals surface area contributed by atoms with Crippen LogP contribution in [-0.4, -0.2) is 47.0 Å². The second-order valence-corrected chi connectivity index (χ2v) is 10.5. The molecule has 3 aliphatic carbocycles. The van der Waals surface area contributed by atoms with Crippen molar-refractivity contribution in [3.8, 4) is 11.5 Å². The number of hydrogen-bond donors (Lipinski definition) is 1. The van der Waals surface area contributed by atoms with Gasteiger partial charge in [-0.3, -0.25) is 24.1 Å². The third-order valence-corrected chi connectivity index (χ3v) is 8.35. The highest BCUT2D eigenvalue weighted by atomic mass is 79.9. The number of carbonyl (C=O) groups is 4. The minimum absolute atomic E-state index is 0.0467. The Morgan fingerprint density at radius 1 is 1.17 bits per heavy atom. The number of ketones is 2. The van der Waals surface area contributed by atoms with Gasteiger partial charge in [-0.15, -0.1) is 0 Å². The molecule has 1 saturated heterocycles. The first kappa shape index (κ1) is 24.0. The minimum Gasteiger partial charge on any atom is -0.503 e. The van der Waals surface area contributed by atoms with Crippen molar-refractivity contribution in [1.82, 2.24) is 4.90 Å². The van der Waals surface area contributed by atoms with Crippen LogP contribution in [0.4, 0.5) is 0 Å². The fraction of sp³-hybridized carbons (Fsp3) is 0.385. The number of fused-ring (bicyclic) bond motifs is 3. The normalized spacial score (nSPS) is 27.9. The van der Waals surface area contributed by atoms with Gasteiger partial charge in [0, 0.05) is 29.7 Å². The number of hydrogen-bond acceptors (Lipinski definition) is 6. The van der Waals surface area contributed by atoms with E-state index in [1.165, 1.54) is 18.1 Å². The number of ether oxygens (including phenoxy) is 1. The van der Waals surface area contributed by atoms with Gasteiger partial charge in [-0.05, 0) is 58.8 Å². The average Bonchev–Trinajstić information content (AvgIpc) is 3.08. The van der Waals surface area contributed by atoms with Crippen molar-refractivity contribution in [3.63, 3.8) is 0 Å². The summed E-state index contributed by atoms with van der Waals surface area (Å²) >= 11 is 9.51. The van der Waals surface area contributed by atoms with Gasteiger partial charge < -0.3 is 9.84 Å². The molecule has 1 aromatic rings. The molecular weight excluding hydrogens is 538 g/mol. The molecular formula is C26H23BrClNO6. The lowest BCUT2D eigenvalue weighted by Crippen LogP contribution is -2.39. The summed E-state index contributed by atoms with van der Waals surface area (Å²) in [6.45, 7) is 2.28. The third kappa shape index (κ3) is 3.52. The number of allylic oxidation sites excluding steroid dienone is 6. The quantitative estimate of drug-likeness (QED) is 0.336. The number of nitrogens with zero attached hydrogens (tertiary/aromatic N) is 1. The van der Waals surface area contributed by atoms with Crippen LogP contribution < -0.4 is 4.74 Å².